The Bertz CT molecular complexity index is 1790. The molecule has 5 aromatic rings. The van der Waals surface area contributed by atoms with Crippen LogP contribution in [0.15, 0.2) is 53.7 Å². The van der Waals surface area contributed by atoms with Gasteiger partial charge in [0.2, 0.25) is 5.88 Å². The number of hydrogen-bond acceptors (Lipinski definition) is 6. The fraction of sp³-hybridized carbons (Fsp3) is 0.154. The quantitative estimate of drug-likeness (QED) is 0.290. The SMILES string of the molecule is Cc1c(Oc2ncc(C(F)(F)F)c(C)c2-c2cc(=O)c3c(-n4nccc4CN)nccc3[nH]2)ccc(F)c1F. The molecular formula is C26H19F5N6O2. The number of rotatable bonds is 5. The average molecular weight is 542 g/mol. The van der Waals surface area contributed by atoms with Gasteiger partial charge in [0.25, 0.3) is 0 Å². The maximum Gasteiger partial charge on any atom is 0.418 e. The molecule has 0 aliphatic heterocycles. The molecule has 13 heteroatoms. The highest BCUT2D eigenvalue weighted by atomic mass is 19.4. The number of hydrogen-bond donors (Lipinski definition) is 2. The second kappa shape index (κ2) is 9.58. The van der Waals surface area contributed by atoms with Crippen LogP contribution in [0.3, 0.4) is 0 Å². The minimum absolute atomic E-state index is 0.0458. The van der Waals surface area contributed by atoms with E-state index in [1.54, 1.807) is 6.07 Å². The van der Waals surface area contributed by atoms with E-state index in [0.29, 0.717) is 11.9 Å². The van der Waals surface area contributed by atoms with Crippen molar-refractivity contribution in [2.24, 2.45) is 5.73 Å². The maximum absolute atomic E-state index is 14.2. The summed E-state index contributed by atoms with van der Waals surface area (Å²) in [6.07, 6.45) is -1.29. The first-order valence-corrected chi connectivity index (χ1v) is 11.5. The van der Waals surface area contributed by atoms with E-state index in [2.05, 4.69) is 20.1 Å². The maximum atomic E-state index is 14.2. The number of alkyl halides is 3. The van der Waals surface area contributed by atoms with Crippen LogP contribution in [0.5, 0.6) is 11.6 Å². The van der Waals surface area contributed by atoms with Crippen molar-refractivity contribution >= 4 is 10.9 Å². The van der Waals surface area contributed by atoms with Crippen molar-refractivity contribution in [1.29, 1.82) is 0 Å². The summed E-state index contributed by atoms with van der Waals surface area (Å²) in [5.41, 5.74) is 4.20. The van der Waals surface area contributed by atoms with E-state index in [4.69, 9.17) is 10.5 Å². The second-order valence-electron chi connectivity index (χ2n) is 8.60. The Hall–Kier alpha value is -4.65. The van der Waals surface area contributed by atoms with E-state index in [0.717, 1.165) is 18.2 Å². The summed E-state index contributed by atoms with van der Waals surface area (Å²) < 4.78 is 76.3. The number of ether oxygens (including phenoxy) is 1. The molecule has 3 N–H and O–H groups in total. The van der Waals surface area contributed by atoms with E-state index < -0.39 is 28.8 Å². The first-order valence-electron chi connectivity index (χ1n) is 11.5. The fourth-order valence-electron chi connectivity index (χ4n) is 4.26. The zero-order chi connectivity index (χ0) is 28.1. The summed E-state index contributed by atoms with van der Waals surface area (Å²) in [6, 6.07) is 6.18. The van der Waals surface area contributed by atoms with Gasteiger partial charge in [0, 0.05) is 36.8 Å². The molecule has 8 nitrogen and oxygen atoms in total. The minimum atomic E-state index is -4.77. The Morgan fingerprint density at radius 3 is 2.54 bits per heavy atom. The Balaban J connectivity index is 1.75. The van der Waals surface area contributed by atoms with Crippen LogP contribution in [-0.4, -0.2) is 24.7 Å². The van der Waals surface area contributed by atoms with Crippen molar-refractivity contribution in [3.05, 3.63) is 93.2 Å². The Morgan fingerprint density at radius 1 is 1.05 bits per heavy atom. The summed E-state index contributed by atoms with van der Waals surface area (Å²) in [6.45, 7) is 2.57. The lowest BCUT2D eigenvalue weighted by molar-refractivity contribution is -0.138. The number of benzene rings is 1. The number of nitrogens with zero attached hydrogens (tertiary/aromatic N) is 4. The molecule has 4 aromatic heterocycles. The van der Waals surface area contributed by atoms with Crippen LogP contribution in [-0.2, 0) is 12.7 Å². The van der Waals surface area contributed by atoms with Crippen LogP contribution in [0.4, 0.5) is 22.0 Å². The second-order valence-corrected chi connectivity index (χ2v) is 8.60. The van der Waals surface area contributed by atoms with Gasteiger partial charge in [0.1, 0.15) is 5.75 Å². The van der Waals surface area contributed by atoms with Gasteiger partial charge in [-0.3, -0.25) is 4.79 Å². The van der Waals surface area contributed by atoms with Crippen molar-refractivity contribution in [3.8, 4) is 28.7 Å². The molecule has 5 rings (SSSR count). The molecule has 0 spiro atoms. The highest BCUT2D eigenvalue weighted by molar-refractivity contribution is 5.88. The van der Waals surface area contributed by atoms with Crippen molar-refractivity contribution in [3.63, 3.8) is 0 Å². The third-order valence-electron chi connectivity index (χ3n) is 6.23. The number of nitrogens with two attached hydrogens (primary N) is 1. The molecule has 4 heterocycles. The van der Waals surface area contributed by atoms with Gasteiger partial charge in [-0.05, 0) is 43.7 Å². The van der Waals surface area contributed by atoms with Gasteiger partial charge < -0.3 is 15.5 Å². The summed E-state index contributed by atoms with van der Waals surface area (Å²) in [7, 11) is 0. The Labute approximate surface area is 216 Å². The van der Waals surface area contributed by atoms with Crippen LogP contribution >= 0.6 is 0 Å². The van der Waals surface area contributed by atoms with E-state index >= 15 is 0 Å². The largest absolute Gasteiger partial charge is 0.438 e. The molecule has 0 atom stereocenters. The molecule has 0 amide bonds. The van der Waals surface area contributed by atoms with Crippen LogP contribution < -0.4 is 15.9 Å². The first-order chi connectivity index (χ1) is 18.5. The third kappa shape index (κ3) is 4.50. The Morgan fingerprint density at radius 2 is 1.82 bits per heavy atom. The first kappa shape index (κ1) is 26.0. The summed E-state index contributed by atoms with van der Waals surface area (Å²) in [5, 5.41) is 4.29. The van der Waals surface area contributed by atoms with Gasteiger partial charge in [0.05, 0.1) is 33.4 Å². The molecule has 0 bridgehead atoms. The molecule has 0 radical (unpaired) electrons. The number of H-pyrrole nitrogens is 1. The van der Waals surface area contributed by atoms with Crippen molar-refractivity contribution in [2.75, 3.05) is 0 Å². The van der Waals surface area contributed by atoms with Crippen molar-refractivity contribution < 1.29 is 26.7 Å². The summed E-state index contributed by atoms with van der Waals surface area (Å²) in [5.74, 6) is -2.62. The van der Waals surface area contributed by atoms with E-state index in [1.165, 1.54) is 37.0 Å². The lowest BCUT2D eigenvalue weighted by atomic mass is 10.0. The fourth-order valence-corrected chi connectivity index (χ4v) is 4.26. The monoisotopic (exact) mass is 542 g/mol. The molecule has 0 unspecified atom stereocenters. The van der Waals surface area contributed by atoms with E-state index in [-0.39, 0.29) is 57.3 Å². The zero-order valence-electron chi connectivity index (χ0n) is 20.4. The van der Waals surface area contributed by atoms with Crippen molar-refractivity contribution in [2.45, 2.75) is 26.6 Å². The molecule has 0 fully saturated rings. The van der Waals surface area contributed by atoms with Crippen molar-refractivity contribution in [1.82, 2.24) is 24.7 Å². The van der Waals surface area contributed by atoms with E-state index in [1.807, 2.05) is 0 Å². The van der Waals surface area contributed by atoms with Gasteiger partial charge in [-0.25, -0.2) is 23.4 Å². The highest BCUT2D eigenvalue weighted by Gasteiger charge is 2.35. The van der Waals surface area contributed by atoms with Gasteiger partial charge in [0.15, 0.2) is 22.9 Å². The predicted octanol–water partition coefficient (Wildman–Crippen LogP) is 5.34. The van der Waals surface area contributed by atoms with Crippen LogP contribution in [0.1, 0.15) is 22.4 Å². The normalized spacial score (nSPS) is 11.8. The van der Waals surface area contributed by atoms with Gasteiger partial charge in [-0.15, -0.1) is 0 Å². The number of nitrogens with one attached hydrogen (secondary N) is 1. The zero-order valence-corrected chi connectivity index (χ0v) is 20.4. The van der Waals surface area contributed by atoms with E-state index in [9.17, 15) is 26.7 Å². The standard InChI is InChI=1S/C26H19F5N6O2/c1-12-15(26(29,30)31)11-34-25(39-20-4-3-16(27)23(28)13(20)2)21(12)18-9-19(38)22-17(36-18)6-7-33-24(22)37-14(10-32)5-8-35-37/h3-9,11H,10,32H2,1-2H3,(H,36,38). The predicted molar refractivity (Wildman–Crippen MR) is 132 cm³/mol. The molecule has 0 aliphatic carbocycles. The molecular weight excluding hydrogens is 523 g/mol. The number of aromatic amines is 1. The number of pyridine rings is 3. The minimum Gasteiger partial charge on any atom is -0.438 e. The van der Waals surface area contributed by atoms with Crippen LogP contribution in [0.25, 0.3) is 28.0 Å². The molecule has 0 saturated carbocycles. The lowest BCUT2D eigenvalue weighted by Gasteiger charge is -2.18. The molecule has 0 aliphatic rings. The summed E-state index contributed by atoms with van der Waals surface area (Å²) in [4.78, 5) is 24.4. The van der Waals surface area contributed by atoms with Gasteiger partial charge in [-0.1, -0.05) is 0 Å². The number of fused-ring (bicyclic) bond motifs is 1. The smallest absolute Gasteiger partial charge is 0.418 e. The molecule has 1 aromatic carbocycles. The average Bonchev–Trinajstić information content (AvgIpc) is 3.37. The third-order valence-corrected chi connectivity index (χ3v) is 6.23. The lowest BCUT2D eigenvalue weighted by Crippen LogP contribution is -2.14. The van der Waals surface area contributed by atoms with Crippen LogP contribution in [0, 0.1) is 25.5 Å². The summed E-state index contributed by atoms with van der Waals surface area (Å²) >= 11 is 0. The van der Waals surface area contributed by atoms with Crippen LogP contribution in [0.2, 0.25) is 0 Å². The van der Waals surface area contributed by atoms with Gasteiger partial charge >= 0.3 is 6.18 Å². The highest BCUT2D eigenvalue weighted by Crippen LogP contribution is 2.41. The molecule has 39 heavy (non-hydrogen) atoms. The number of aromatic nitrogens is 5. The number of halogens is 5. The van der Waals surface area contributed by atoms with Gasteiger partial charge in [-0.2, -0.15) is 18.3 Å². The molecule has 200 valence electrons. The molecule has 0 saturated heterocycles. The topological polar surface area (TPSA) is 112 Å². The Kier molecular flexibility index (Phi) is 6.38.